The highest BCUT2D eigenvalue weighted by atomic mass is 35.5. The molecule has 2 rings (SSSR count). The number of carbonyl (C=O) groups excluding carboxylic acids is 4. The number of Topliss-reactive ketones (excluding diaryl/α,β-unsaturated/α-hetero) is 2. The molecule has 0 aliphatic heterocycles. The fourth-order valence-electron chi connectivity index (χ4n) is 3.52. The summed E-state index contributed by atoms with van der Waals surface area (Å²) in [6.07, 6.45) is -0.529. The van der Waals surface area contributed by atoms with Crippen LogP contribution in [0.25, 0.3) is 0 Å². The van der Waals surface area contributed by atoms with Gasteiger partial charge in [-0.1, -0.05) is 23.2 Å². The number of nitrogens with two attached hydrogens (primary N) is 4. The van der Waals surface area contributed by atoms with Gasteiger partial charge >= 0.3 is 11.9 Å². The summed E-state index contributed by atoms with van der Waals surface area (Å²) in [6.45, 7) is 1.16. The van der Waals surface area contributed by atoms with E-state index in [-0.39, 0.29) is 88.2 Å². The van der Waals surface area contributed by atoms with Crippen molar-refractivity contribution in [1.82, 2.24) is 0 Å². The molecule has 0 bridgehead atoms. The van der Waals surface area contributed by atoms with Crippen LogP contribution in [-0.4, -0.2) is 88.4 Å². The van der Waals surface area contributed by atoms with Gasteiger partial charge in [-0.05, 0) is 36.4 Å². The molecule has 15 heteroatoms. The third-order valence-corrected chi connectivity index (χ3v) is 6.20. The quantitative estimate of drug-likeness (QED) is 0.0701. The van der Waals surface area contributed by atoms with E-state index in [2.05, 4.69) is 0 Å². The zero-order valence-corrected chi connectivity index (χ0v) is 24.9. The highest BCUT2D eigenvalue weighted by Gasteiger charge is 2.22. The topological polar surface area (TPSA) is 219 Å². The molecular formula is C28H36Cl2N4O9. The number of hydrogen-bond donors (Lipinski definition) is 4. The Hall–Kier alpha value is -3.30. The maximum absolute atomic E-state index is 12.3. The first-order valence-electron chi connectivity index (χ1n) is 13.2. The van der Waals surface area contributed by atoms with E-state index in [0.29, 0.717) is 10.0 Å². The molecule has 0 heterocycles. The van der Waals surface area contributed by atoms with E-state index in [0.717, 1.165) is 0 Å². The summed E-state index contributed by atoms with van der Waals surface area (Å²) in [5, 5.41) is 0.785. The number of rotatable bonds is 20. The van der Waals surface area contributed by atoms with Gasteiger partial charge in [0.15, 0.2) is 11.6 Å². The van der Waals surface area contributed by atoms with Crippen LogP contribution < -0.4 is 22.9 Å². The largest absolute Gasteiger partial charge is 0.462 e. The Bertz CT molecular complexity index is 1160. The number of benzene rings is 2. The highest BCUT2D eigenvalue weighted by Crippen LogP contribution is 2.21. The van der Waals surface area contributed by atoms with Gasteiger partial charge in [0.2, 0.25) is 0 Å². The lowest BCUT2D eigenvalue weighted by atomic mass is 10.0. The lowest BCUT2D eigenvalue weighted by Gasteiger charge is -2.12. The number of carbonyl (C=O) groups is 4. The first-order chi connectivity index (χ1) is 20.5. The van der Waals surface area contributed by atoms with Crippen LogP contribution >= 0.6 is 23.2 Å². The molecule has 236 valence electrons. The molecule has 0 radical (unpaired) electrons. The molecule has 2 aromatic carbocycles. The van der Waals surface area contributed by atoms with Crippen LogP contribution in [-0.2, 0) is 33.3 Å². The third kappa shape index (κ3) is 13.3. The van der Waals surface area contributed by atoms with Crippen molar-refractivity contribution in [3.05, 3.63) is 57.6 Å². The van der Waals surface area contributed by atoms with Gasteiger partial charge in [0.05, 0.1) is 39.6 Å². The Labute approximate surface area is 259 Å². The summed E-state index contributed by atoms with van der Waals surface area (Å²) in [4.78, 5) is 48.7. The molecule has 0 aliphatic rings. The maximum atomic E-state index is 12.3. The monoisotopic (exact) mass is 642 g/mol. The molecule has 0 aliphatic carbocycles. The van der Waals surface area contributed by atoms with Crippen molar-refractivity contribution in [2.75, 3.05) is 64.3 Å². The minimum absolute atomic E-state index is 0.0430. The van der Waals surface area contributed by atoms with Gasteiger partial charge in [-0.15, -0.1) is 0 Å². The smallest absolute Gasteiger partial charge is 0.323 e. The number of ether oxygens (including phenoxy) is 5. The van der Waals surface area contributed by atoms with Crippen LogP contribution in [0.2, 0.25) is 10.0 Å². The highest BCUT2D eigenvalue weighted by molar-refractivity contribution is 6.31. The molecule has 0 fully saturated rings. The normalized spacial score (nSPS) is 12.4. The van der Waals surface area contributed by atoms with Crippen LogP contribution in [0.1, 0.15) is 33.6 Å². The van der Waals surface area contributed by atoms with Gasteiger partial charge in [-0.25, -0.2) is 0 Å². The molecule has 0 saturated carbocycles. The van der Waals surface area contributed by atoms with Gasteiger partial charge in [0.1, 0.15) is 25.3 Å². The van der Waals surface area contributed by atoms with Crippen LogP contribution in [0.15, 0.2) is 36.4 Å². The summed E-state index contributed by atoms with van der Waals surface area (Å²) in [7, 11) is 0. The van der Waals surface area contributed by atoms with E-state index in [9.17, 15) is 19.2 Å². The standard InChI is InChI=1S/C28H36Cl2N4O9/c29-17-1-3-19(21(31)13-17)25(35)15-23(33)27(37)42-11-9-40-7-5-39-6-8-41-10-12-43-28(38)24(34)16-26(36)20-4-2-18(30)14-22(20)32/h1-4,13-14,23-24H,5-12,15-16,31-34H2. The summed E-state index contributed by atoms with van der Waals surface area (Å²) in [5.41, 5.74) is 24.0. The van der Waals surface area contributed by atoms with Gasteiger partial charge in [0.25, 0.3) is 0 Å². The Kier molecular flexibility index (Phi) is 15.9. The molecule has 0 aromatic heterocycles. The molecule has 2 unspecified atom stereocenters. The molecule has 8 N–H and O–H groups in total. The zero-order valence-electron chi connectivity index (χ0n) is 23.4. The molecule has 0 amide bonds. The van der Waals surface area contributed by atoms with Crippen LogP contribution in [0.5, 0.6) is 0 Å². The average Bonchev–Trinajstić information content (AvgIpc) is 2.94. The average molecular weight is 644 g/mol. The predicted molar refractivity (Wildman–Crippen MR) is 160 cm³/mol. The Morgan fingerprint density at radius 1 is 0.581 bits per heavy atom. The molecule has 0 spiro atoms. The molecule has 2 aromatic rings. The third-order valence-electron chi connectivity index (χ3n) is 5.73. The summed E-state index contributed by atoms with van der Waals surface area (Å²) in [5.74, 6) is -2.26. The number of esters is 2. The number of hydrogen-bond acceptors (Lipinski definition) is 13. The van der Waals surface area contributed by atoms with Crippen LogP contribution in [0, 0.1) is 0 Å². The van der Waals surface area contributed by atoms with Crippen LogP contribution in [0.3, 0.4) is 0 Å². The van der Waals surface area contributed by atoms with Crippen molar-refractivity contribution >= 4 is 58.1 Å². The fraction of sp³-hybridized carbons (Fsp3) is 0.429. The van der Waals surface area contributed by atoms with E-state index >= 15 is 0 Å². The lowest BCUT2D eigenvalue weighted by Crippen LogP contribution is -2.35. The SMILES string of the molecule is Nc1cc(Cl)ccc1C(=O)CC(N)C(=O)OCCOCCOCCOCCOC(=O)C(N)CC(=O)c1ccc(Cl)cc1N. The predicted octanol–water partition coefficient (Wildman–Crippen LogP) is 1.79. The van der Waals surface area contributed by atoms with Crippen molar-refractivity contribution in [2.45, 2.75) is 24.9 Å². The van der Waals surface area contributed by atoms with Crippen molar-refractivity contribution in [3.8, 4) is 0 Å². The van der Waals surface area contributed by atoms with Crippen LogP contribution in [0.4, 0.5) is 11.4 Å². The van der Waals surface area contributed by atoms with Crippen molar-refractivity contribution < 1.29 is 42.9 Å². The van der Waals surface area contributed by atoms with Crippen molar-refractivity contribution in [3.63, 3.8) is 0 Å². The second kappa shape index (κ2) is 19.1. The van der Waals surface area contributed by atoms with Gasteiger partial charge in [-0.3, -0.25) is 19.2 Å². The number of anilines is 2. The Morgan fingerprint density at radius 3 is 1.23 bits per heavy atom. The maximum Gasteiger partial charge on any atom is 0.323 e. The fourth-order valence-corrected chi connectivity index (χ4v) is 3.88. The number of ketones is 2. The Balaban J connectivity index is 1.44. The van der Waals surface area contributed by atoms with Gasteiger partial charge in [0, 0.05) is 45.4 Å². The summed E-state index contributed by atoms with van der Waals surface area (Å²) < 4.78 is 26.0. The van der Waals surface area contributed by atoms with E-state index in [4.69, 9.17) is 69.8 Å². The second-order valence-corrected chi connectivity index (χ2v) is 9.98. The minimum Gasteiger partial charge on any atom is -0.462 e. The number of halogens is 2. The van der Waals surface area contributed by atoms with Gasteiger partial charge in [-0.2, -0.15) is 0 Å². The van der Waals surface area contributed by atoms with E-state index in [1.165, 1.54) is 36.4 Å². The van der Waals surface area contributed by atoms with Crippen molar-refractivity contribution in [1.29, 1.82) is 0 Å². The minimum atomic E-state index is -1.14. The first-order valence-corrected chi connectivity index (χ1v) is 14.0. The van der Waals surface area contributed by atoms with E-state index in [1.807, 2.05) is 0 Å². The molecule has 0 saturated heterocycles. The Morgan fingerprint density at radius 2 is 0.907 bits per heavy atom. The summed E-state index contributed by atoms with van der Waals surface area (Å²) in [6, 6.07) is 6.60. The second-order valence-electron chi connectivity index (χ2n) is 9.10. The number of nitrogen functional groups attached to an aromatic ring is 2. The van der Waals surface area contributed by atoms with E-state index in [1.54, 1.807) is 0 Å². The molecular weight excluding hydrogens is 607 g/mol. The lowest BCUT2D eigenvalue weighted by molar-refractivity contribution is -0.147. The van der Waals surface area contributed by atoms with Crippen molar-refractivity contribution in [2.24, 2.45) is 11.5 Å². The molecule has 13 nitrogen and oxygen atoms in total. The van der Waals surface area contributed by atoms with Gasteiger partial charge < -0.3 is 46.6 Å². The molecule has 43 heavy (non-hydrogen) atoms. The zero-order chi connectivity index (χ0) is 31.8. The van der Waals surface area contributed by atoms with E-state index < -0.39 is 35.6 Å². The summed E-state index contributed by atoms with van der Waals surface area (Å²) >= 11 is 11.6. The first kappa shape index (κ1) is 35.9. The molecule has 2 atom stereocenters.